The summed E-state index contributed by atoms with van der Waals surface area (Å²) >= 11 is 1.67. The third-order valence-corrected chi connectivity index (χ3v) is 5.50. The van der Waals surface area contributed by atoms with E-state index < -0.39 is 0 Å². The van der Waals surface area contributed by atoms with Gasteiger partial charge < -0.3 is 9.80 Å². The molecule has 27 heavy (non-hydrogen) atoms. The van der Waals surface area contributed by atoms with Gasteiger partial charge >= 0.3 is 0 Å². The second-order valence-electron chi connectivity index (χ2n) is 7.18. The fourth-order valence-electron chi connectivity index (χ4n) is 2.94. The molecule has 1 aromatic carbocycles. The molecule has 0 aliphatic carbocycles. The van der Waals surface area contributed by atoms with Crippen LogP contribution in [-0.4, -0.2) is 34.7 Å². The predicted molar refractivity (Wildman–Crippen MR) is 111 cm³/mol. The summed E-state index contributed by atoms with van der Waals surface area (Å²) in [6.07, 6.45) is 0.842. The largest absolute Gasteiger partial charge is 0.333 e. The zero-order valence-electron chi connectivity index (χ0n) is 16.8. The van der Waals surface area contributed by atoms with Crippen molar-refractivity contribution < 1.29 is 9.59 Å². The Balaban J connectivity index is 2.18. The molecule has 0 saturated carbocycles. The Morgan fingerprint density at radius 3 is 2.30 bits per heavy atom. The van der Waals surface area contributed by atoms with Gasteiger partial charge in [-0.25, -0.2) is 0 Å². The van der Waals surface area contributed by atoms with Crippen LogP contribution in [0.1, 0.15) is 43.2 Å². The number of hydrogen-bond acceptors (Lipinski definition) is 3. The molecule has 0 radical (unpaired) electrons. The van der Waals surface area contributed by atoms with Crippen molar-refractivity contribution in [3.63, 3.8) is 0 Å². The smallest absolute Gasteiger partial charge is 0.242 e. The monoisotopic (exact) mass is 386 g/mol. The van der Waals surface area contributed by atoms with Crippen LogP contribution in [0.15, 0.2) is 41.8 Å². The van der Waals surface area contributed by atoms with Gasteiger partial charge in [-0.3, -0.25) is 9.59 Å². The molecule has 2 amide bonds. The van der Waals surface area contributed by atoms with E-state index in [1.165, 1.54) is 10.4 Å². The van der Waals surface area contributed by atoms with E-state index >= 15 is 0 Å². The number of carbonyl (C=O) groups excluding carboxylic acids is 2. The minimum Gasteiger partial charge on any atom is -0.333 e. The van der Waals surface area contributed by atoms with E-state index in [9.17, 15) is 9.59 Å². The van der Waals surface area contributed by atoms with Crippen molar-refractivity contribution in [2.24, 2.45) is 5.92 Å². The maximum absolute atomic E-state index is 13.1. The van der Waals surface area contributed by atoms with Crippen molar-refractivity contribution in [1.29, 1.82) is 0 Å². The van der Waals surface area contributed by atoms with E-state index in [-0.39, 0.29) is 24.3 Å². The van der Waals surface area contributed by atoms with Gasteiger partial charge in [-0.1, -0.05) is 51.1 Å². The highest BCUT2D eigenvalue weighted by atomic mass is 32.1. The topological polar surface area (TPSA) is 40.6 Å². The van der Waals surface area contributed by atoms with Crippen LogP contribution in [0.25, 0.3) is 0 Å². The Hall–Kier alpha value is -2.14. The molecular weight excluding hydrogens is 356 g/mol. The number of benzene rings is 1. The SMILES string of the molecule is CCCN(CC(=O)N(Cc1ccccc1)Cc1sccc1C)C(=O)C(C)C. The highest BCUT2D eigenvalue weighted by Gasteiger charge is 2.23. The first-order valence-electron chi connectivity index (χ1n) is 9.55. The minimum absolute atomic E-state index is 0.00546. The van der Waals surface area contributed by atoms with Gasteiger partial charge in [0.25, 0.3) is 0 Å². The zero-order valence-corrected chi connectivity index (χ0v) is 17.6. The summed E-state index contributed by atoms with van der Waals surface area (Å²) in [5, 5.41) is 2.06. The maximum atomic E-state index is 13.1. The molecule has 0 atom stereocenters. The second-order valence-corrected chi connectivity index (χ2v) is 8.18. The fraction of sp³-hybridized carbons (Fsp3) is 0.455. The number of amides is 2. The van der Waals surface area contributed by atoms with E-state index in [0.717, 1.165) is 12.0 Å². The first-order valence-corrected chi connectivity index (χ1v) is 10.4. The van der Waals surface area contributed by atoms with Crippen LogP contribution >= 0.6 is 11.3 Å². The average Bonchev–Trinajstić information content (AvgIpc) is 3.05. The first kappa shape index (κ1) is 21.2. The molecule has 5 heteroatoms. The van der Waals surface area contributed by atoms with E-state index in [4.69, 9.17) is 0 Å². The standard InChI is InChI=1S/C22H30N2O2S/c1-5-12-23(22(26)17(2)3)16-21(25)24(14-19-9-7-6-8-10-19)15-20-18(4)11-13-27-20/h6-11,13,17H,5,12,14-16H2,1-4H3. The molecule has 0 aliphatic heterocycles. The number of carbonyl (C=O) groups is 2. The lowest BCUT2D eigenvalue weighted by Gasteiger charge is -2.28. The molecule has 1 heterocycles. The number of thiophene rings is 1. The molecule has 0 bridgehead atoms. The summed E-state index contributed by atoms with van der Waals surface area (Å²) < 4.78 is 0. The molecule has 0 unspecified atom stereocenters. The number of nitrogens with zero attached hydrogens (tertiary/aromatic N) is 2. The molecule has 0 saturated heterocycles. The molecule has 0 fully saturated rings. The lowest BCUT2D eigenvalue weighted by atomic mass is 10.1. The van der Waals surface area contributed by atoms with E-state index in [1.54, 1.807) is 16.2 Å². The van der Waals surface area contributed by atoms with Crippen LogP contribution in [0.5, 0.6) is 0 Å². The van der Waals surface area contributed by atoms with Crippen molar-refractivity contribution in [1.82, 2.24) is 9.80 Å². The molecule has 0 N–H and O–H groups in total. The van der Waals surface area contributed by atoms with Gasteiger partial charge in [0.2, 0.25) is 11.8 Å². The Morgan fingerprint density at radius 2 is 1.74 bits per heavy atom. The molecule has 2 aromatic rings. The highest BCUT2D eigenvalue weighted by molar-refractivity contribution is 7.10. The minimum atomic E-state index is -0.105. The van der Waals surface area contributed by atoms with Gasteiger partial charge in [-0.05, 0) is 35.9 Å². The third-order valence-electron chi connectivity index (χ3n) is 4.50. The molecule has 0 aliphatic rings. The summed E-state index contributed by atoms with van der Waals surface area (Å²) in [4.78, 5) is 30.4. The summed E-state index contributed by atoms with van der Waals surface area (Å²) in [6, 6.07) is 12.1. The lowest BCUT2D eigenvalue weighted by molar-refractivity contribution is -0.143. The van der Waals surface area contributed by atoms with Crippen molar-refractivity contribution in [2.75, 3.05) is 13.1 Å². The van der Waals surface area contributed by atoms with Gasteiger partial charge in [0.1, 0.15) is 0 Å². The Labute approximate surface area is 166 Å². The van der Waals surface area contributed by atoms with Crippen LogP contribution in [0, 0.1) is 12.8 Å². The van der Waals surface area contributed by atoms with Gasteiger partial charge in [0, 0.05) is 23.9 Å². The maximum Gasteiger partial charge on any atom is 0.242 e. The van der Waals surface area contributed by atoms with Gasteiger partial charge in [0.05, 0.1) is 13.1 Å². The van der Waals surface area contributed by atoms with E-state index in [0.29, 0.717) is 19.6 Å². The lowest BCUT2D eigenvalue weighted by Crippen LogP contribution is -2.44. The Kier molecular flexibility index (Phi) is 8.04. The second kappa shape index (κ2) is 10.3. The van der Waals surface area contributed by atoms with Crippen LogP contribution in [-0.2, 0) is 22.7 Å². The third kappa shape index (κ3) is 6.21. The zero-order chi connectivity index (χ0) is 19.8. The predicted octanol–water partition coefficient (Wildman–Crippen LogP) is 4.48. The van der Waals surface area contributed by atoms with E-state index in [1.807, 2.05) is 56.0 Å². The summed E-state index contributed by atoms with van der Waals surface area (Å²) in [7, 11) is 0. The Morgan fingerprint density at radius 1 is 1.04 bits per heavy atom. The highest BCUT2D eigenvalue weighted by Crippen LogP contribution is 2.20. The fourth-order valence-corrected chi connectivity index (χ4v) is 3.86. The molecule has 2 rings (SSSR count). The normalized spacial score (nSPS) is 10.9. The van der Waals surface area contributed by atoms with Gasteiger partial charge in [-0.2, -0.15) is 0 Å². The molecule has 0 spiro atoms. The van der Waals surface area contributed by atoms with Gasteiger partial charge in [0.15, 0.2) is 0 Å². The first-order chi connectivity index (χ1) is 12.9. The van der Waals surface area contributed by atoms with Crippen LogP contribution in [0.4, 0.5) is 0 Å². The summed E-state index contributed by atoms with van der Waals surface area (Å²) in [5.41, 5.74) is 2.30. The quantitative estimate of drug-likeness (QED) is 0.637. The summed E-state index contributed by atoms with van der Waals surface area (Å²) in [6.45, 7) is 9.74. The van der Waals surface area contributed by atoms with Crippen molar-refractivity contribution in [3.05, 3.63) is 57.8 Å². The summed E-state index contributed by atoms with van der Waals surface area (Å²) in [5.74, 6) is -0.0715. The van der Waals surface area contributed by atoms with Crippen LogP contribution in [0.3, 0.4) is 0 Å². The van der Waals surface area contributed by atoms with E-state index in [2.05, 4.69) is 18.4 Å². The number of rotatable bonds is 9. The van der Waals surface area contributed by atoms with Crippen molar-refractivity contribution in [3.8, 4) is 0 Å². The number of aryl methyl sites for hydroxylation is 1. The molecular formula is C22H30N2O2S. The number of hydrogen-bond donors (Lipinski definition) is 0. The molecule has 1 aromatic heterocycles. The molecule has 146 valence electrons. The van der Waals surface area contributed by atoms with Crippen LogP contribution < -0.4 is 0 Å². The molecule has 4 nitrogen and oxygen atoms in total. The van der Waals surface area contributed by atoms with Crippen LogP contribution in [0.2, 0.25) is 0 Å². The van der Waals surface area contributed by atoms with Crippen molar-refractivity contribution >= 4 is 23.2 Å². The average molecular weight is 387 g/mol. The van der Waals surface area contributed by atoms with Crippen molar-refractivity contribution in [2.45, 2.75) is 47.2 Å². The Bertz CT molecular complexity index is 740. The van der Waals surface area contributed by atoms with Gasteiger partial charge in [-0.15, -0.1) is 11.3 Å².